The Labute approximate surface area is 161 Å². The maximum absolute atomic E-state index is 12.6. The highest BCUT2D eigenvalue weighted by Gasteiger charge is 2.20. The van der Waals surface area contributed by atoms with E-state index in [0.29, 0.717) is 18.8 Å². The molecule has 0 saturated heterocycles. The Morgan fingerprint density at radius 1 is 1.11 bits per heavy atom. The van der Waals surface area contributed by atoms with Gasteiger partial charge in [0.05, 0.1) is 7.11 Å². The highest BCUT2D eigenvalue weighted by molar-refractivity contribution is 7.89. The van der Waals surface area contributed by atoms with E-state index in [-0.39, 0.29) is 17.3 Å². The zero-order chi connectivity index (χ0) is 19.9. The number of aryl methyl sites for hydroxylation is 1. The van der Waals surface area contributed by atoms with Gasteiger partial charge in [0.15, 0.2) is 0 Å². The van der Waals surface area contributed by atoms with Crippen LogP contribution >= 0.6 is 0 Å². The molecule has 0 heterocycles. The molecular weight excluding hydrogens is 364 g/mol. The van der Waals surface area contributed by atoms with Crippen molar-refractivity contribution in [3.05, 3.63) is 59.7 Å². The van der Waals surface area contributed by atoms with Gasteiger partial charge in [-0.2, -0.15) is 0 Å². The first-order valence-corrected chi connectivity index (χ1v) is 10.3. The second kappa shape index (κ2) is 9.53. The lowest BCUT2D eigenvalue weighted by molar-refractivity contribution is -0.128. The third-order valence-electron chi connectivity index (χ3n) is 4.24. The lowest BCUT2D eigenvalue weighted by Crippen LogP contribution is -2.38. The molecule has 0 aromatic heterocycles. The fraction of sp³-hybridized carbons (Fsp3) is 0.350. The topological polar surface area (TPSA) is 75.7 Å². The van der Waals surface area contributed by atoms with Gasteiger partial charge in [-0.25, -0.2) is 13.1 Å². The predicted molar refractivity (Wildman–Crippen MR) is 105 cm³/mol. The monoisotopic (exact) mass is 390 g/mol. The summed E-state index contributed by atoms with van der Waals surface area (Å²) >= 11 is 0. The van der Waals surface area contributed by atoms with E-state index in [2.05, 4.69) is 4.72 Å². The molecule has 2 aromatic rings. The van der Waals surface area contributed by atoms with Crippen LogP contribution in [0.1, 0.15) is 18.1 Å². The van der Waals surface area contributed by atoms with Gasteiger partial charge in [0.2, 0.25) is 15.9 Å². The van der Waals surface area contributed by atoms with Gasteiger partial charge in [0, 0.05) is 26.6 Å². The van der Waals surface area contributed by atoms with Gasteiger partial charge in [-0.1, -0.05) is 36.4 Å². The smallest absolute Gasteiger partial charge is 0.244 e. The molecule has 0 fully saturated rings. The summed E-state index contributed by atoms with van der Waals surface area (Å²) < 4.78 is 32.9. The molecule has 0 aliphatic carbocycles. The summed E-state index contributed by atoms with van der Waals surface area (Å²) in [6.07, 6.45) is 0.721. The quantitative estimate of drug-likeness (QED) is 0.713. The molecule has 0 aliphatic rings. The van der Waals surface area contributed by atoms with E-state index in [4.69, 9.17) is 4.74 Å². The van der Waals surface area contributed by atoms with Crippen LogP contribution in [0.4, 0.5) is 0 Å². The average molecular weight is 391 g/mol. The van der Waals surface area contributed by atoms with Gasteiger partial charge < -0.3 is 9.64 Å². The highest BCUT2D eigenvalue weighted by atomic mass is 32.2. The summed E-state index contributed by atoms with van der Waals surface area (Å²) in [5.41, 5.74) is 1.96. The van der Waals surface area contributed by atoms with Crippen LogP contribution in [0.2, 0.25) is 0 Å². The summed E-state index contributed by atoms with van der Waals surface area (Å²) in [6, 6.07) is 14.9. The summed E-state index contributed by atoms with van der Waals surface area (Å²) in [5, 5.41) is 0. The molecule has 0 saturated carbocycles. The zero-order valence-corrected chi connectivity index (χ0v) is 16.8. The van der Waals surface area contributed by atoms with Crippen molar-refractivity contribution in [3.63, 3.8) is 0 Å². The lowest BCUT2D eigenvalue weighted by atomic mass is 10.1. The molecule has 0 bridgehead atoms. The van der Waals surface area contributed by atoms with Crippen molar-refractivity contribution >= 4 is 15.9 Å². The van der Waals surface area contributed by atoms with E-state index < -0.39 is 10.0 Å². The van der Waals surface area contributed by atoms with Gasteiger partial charge in [0.1, 0.15) is 10.6 Å². The van der Waals surface area contributed by atoms with Crippen LogP contribution in [0.25, 0.3) is 0 Å². The minimum atomic E-state index is -3.73. The molecule has 2 rings (SSSR count). The number of sulfonamides is 1. The summed E-state index contributed by atoms with van der Waals surface area (Å²) in [6.45, 7) is 4.28. The first-order valence-electron chi connectivity index (χ1n) is 8.77. The van der Waals surface area contributed by atoms with E-state index >= 15 is 0 Å². The molecule has 0 radical (unpaired) electrons. The predicted octanol–water partition coefficient (Wildman–Crippen LogP) is 2.37. The summed E-state index contributed by atoms with van der Waals surface area (Å²) in [4.78, 5) is 13.6. The maximum Gasteiger partial charge on any atom is 0.244 e. The van der Waals surface area contributed by atoms with E-state index in [0.717, 1.165) is 17.5 Å². The van der Waals surface area contributed by atoms with Crippen LogP contribution in [0.3, 0.4) is 0 Å². The van der Waals surface area contributed by atoms with Crippen LogP contribution < -0.4 is 9.46 Å². The average Bonchev–Trinajstić information content (AvgIpc) is 2.65. The number of carbonyl (C=O) groups is 1. The standard InChI is InChI=1S/C20H26N2O4S/c1-16-9-10-19(26-3)20(15-16)27(24,25)21-12-14-22(17(2)23)13-11-18-7-5-4-6-8-18/h4-10,15,21H,11-14H2,1-3H3. The fourth-order valence-electron chi connectivity index (χ4n) is 2.72. The Morgan fingerprint density at radius 3 is 2.44 bits per heavy atom. The number of methoxy groups -OCH3 is 1. The number of hydrogen-bond donors (Lipinski definition) is 1. The molecule has 1 N–H and O–H groups in total. The molecule has 0 aliphatic heterocycles. The number of rotatable bonds is 9. The van der Waals surface area contributed by atoms with Gasteiger partial charge >= 0.3 is 0 Å². The SMILES string of the molecule is COc1ccc(C)cc1S(=O)(=O)NCCN(CCc1ccccc1)C(C)=O. The lowest BCUT2D eigenvalue weighted by Gasteiger charge is -2.21. The maximum atomic E-state index is 12.6. The van der Waals surface area contributed by atoms with Gasteiger partial charge in [-0.3, -0.25) is 4.79 Å². The summed E-state index contributed by atoms with van der Waals surface area (Å²) in [7, 11) is -2.29. The number of nitrogens with one attached hydrogen (secondary N) is 1. The number of ether oxygens (including phenoxy) is 1. The van der Waals surface area contributed by atoms with E-state index in [9.17, 15) is 13.2 Å². The minimum Gasteiger partial charge on any atom is -0.495 e. The number of carbonyl (C=O) groups excluding carboxylic acids is 1. The van der Waals surface area contributed by atoms with E-state index in [1.165, 1.54) is 14.0 Å². The normalized spacial score (nSPS) is 11.2. The van der Waals surface area contributed by atoms with Gasteiger partial charge in [-0.05, 0) is 36.6 Å². The largest absolute Gasteiger partial charge is 0.495 e. The number of nitrogens with zero attached hydrogens (tertiary/aromatic N) is 1. The molecular formula is C20H26N2O4S. The Hall–Kier alpha value is -2.38. The van der Waals surface area contributed by atoms with Crippen LogP contribution in [-0.4, -0.2) is 46.0 Å². The van der Waals surface area contributed by atoms with Crippen molar-refractivity contribution in [1.82, 2.24) is 9.62 Å². The highest BCUT2D eigenvalue weighted by Crippen LogP contribution is 2.24. The molecule has 27 heavy (non-hydrogen) atoms. The van der Waals surface area contributed by atoms with Crippen molar-refractivity contribution in [2.24, 2.45) is 0 Å². The molecule has 2 aromatic carbocycles. The Balaban J connectivity index is 1.97. The van der Waals surface area contributed by atoms with E-state index in [1.807, 2.05) is 37.3 Å². The third kappa shape index (κ3) is 6.08. The minimum absolute atomic E-state index is 0.0849. The van der Waals surface area contributed by atoms with Crippen molar-refractivity contribution < 1.29 is 17.9 Å². The summed E-state index contributed by atoms with van der Waals surface area (Å²) in [5.74, 6) is 0.207. The molecule has 1 amide bonds. The van der Waals surface area contributed by atoms with Crippen molar-refractivity contribution in [2.45, 2.75) is 25.2 Å². The molecule has 0 atom stereocenters. The molecule has 146 valence electrons. The third-order valence-corrected chi connectivity index (χ3v) is 5.72. The number of amides is 1. The first-order chi connectivity index (χ1) is 12.8. The van der Waals surface area contributed by atoms with Crippen LogP contribution in [0.15, 0.2) is 53.4 Å². The fourth-order valence-corrected chi connectivity index (χ4v) is 3.99. The second-order valence-corrected chi connectivity index (χ2v) is 8.03. The molecule has 0 unspecified atom stereocenters. The van der Waals surface area contributed by atoms with Crippen LogP contribution in [0, 0.1) is 6.92 Å². The van der Waals surface area contributed by atoms with Crippen molar-refractivity contribution in [2.75, 3.05) is 26.7 Å². The Morgan fingerprint density at radius 2 is 1.81 bits per heavy atom. The van der Waals surface area contributed by atoms with Crippen LogP contribution in [0.5, 0.6) is 5.75 Å². The Bertz CT molecular complexity index is 867. The van der Waals surface area contributed by atoms with Gasteiger partial charge in [0.25, 0.3) is 0 Å². The van der Waals surface area contributed by atoms with Gasteiger partial charge in [-0.15, -0.1) is 0 Å². The van der Waals surface area contributed by atoms with Crippen molar-refractivity contribution in [1.29, 1.82) is 0 Å². The van der Waals surface area contributed by atoms with E-state index in [1.54, 1.807) is 23.1 Å². The number of hydrogen-bond acceptors (Lipinski definition) is 4. The molecule has 0 spiro atoms. The van der Waals surface area contributed by atoms with Crippen LogP contribution in [-0.2, 0) is 21.2 Å². The first kappa shape index (κ1) is 20.9. The second-order valence-electron chi connectivity index (χ2n) is 6.29. The molecule has 6 nitrogen and oxygen atoms in total. The molecule has 7 heteroatoms. The van der Waals surface area contributed by atoms with Crippen molar-refractivity contribution in [3.8, 4) is 5.75 Å². The number of benzene rings is 2. The Kier molecular flexibility index (Phi) is 7.38. The zero-order valence-electron chi connectivity index (χ0n) is 15.9.